The van der Waals surface area contributed by atoms with Gasteiger partial charge in [-0.05, 0) is 12.1 Å². The Bertz CT molecular complexity index is 281. The lowest BCUT2D eigenvalue weighted by Gasteiger charge is -1.94. The van der Waals surface area contributed by atoms with Crippen molar-refractivity contribution in [2.45, 2.75) is 13.8 Å². The molecule has 0 aliphatic heterocycles. The van der Waals surface area contributed by atoms with Gasteiger partial charge in [0.1, 0.15) is 5.69 Å². The van der Waals surface area contributed by atoms with Crippen LogP contribution in [0.15, 0.2) is 0 Å². The van der Waals surface area contributed by atoms with Gasteiger partial charge in [0.25, 0.3) is 5.88 Å². The number of nitrogens with zero attached hydrogens (tertiary/aromatic N) is 3. The average molecular weight is 157 g/mol. The summed E-state index contributed by atoms with van der Waals surface area (Å²) in [5.74, 6) is -0.464. The predicted octanol–water partition coefficient (Wildman–Crippen LogP) is -0.251. The molecule has 0 aromatic carbocycles. The highest BCUT2D eigenvalue weighted by atomic mass is 16.6. The first-order valence-corrected chi connectivity index (χ1v) is 2.91. The average Bonchev–Trinajstić information content (AvgIpc) is 2.18. The minimum absolute atomic E-state index is 0.0278. The number of carbonyl (C=O) groups is 1. The lowest BCUT2D eigenvalue weighted by atomic mass is 10.5. The molecule has 0 amide bonds. The fourth-order valence-corrected chi connectivity index (χ4v) is 0.538. The fourth-order valence-electron chi connectivity index (χ4n) is 0.538. The zero-order valence-corrected chi connectivity index (χ0v) is 6.11. The van der Waals surface area contributed by atoms with Crippen LogP contribution in [0.4, 0.5) is 0 Å². The molecular weight excluding hydrogens is 150 g/mol. The van der Waals surface area contributed by atoms with E-state index in [9.17, 15) is 4.79 Å². The molecule has 1 aromatic rings. The summed E-state index contributed by atoms with van der Waals surface area (Å²) in [5, 5.41) is 15.4. The van der Waals surface area contributed by atoms with Gasteiger partial charge in [0.15, 0.2) is 0 Å². The third-order valence-corrected chi connectivity index (χ3v) is 1.07. The smallest absolute Gasteiger partial charge is 0.309 e. The minimum Gasteiger partial charge on any atom is -0.410 e. The number of esters is 1. The second kappa shape index (κ2) is 2.57. The van der Waals surface area contributed by atoms with Gasteiger partial charge in [-0.25, -0.2) is 0 Å². The van der Waals surface area contributed by atoms with Gasteiger partial charge in [0.05, 0.1) is 0 Å². The molecule has 11 heavy (non-hydrogen) atoms. The highest BCUT2D eigenvalue weighted by molar-refractivity contribution is 5.68. The van der Waals surface area contributed by atoms with Crippen molar-refractivity contribution >= 4 is 5.97 Å². The normalized spacial score (nSPS) is 9.64. The van der Waals surface area contributed by atoms with Crippen LogP contribution in [0.1, 0.15) is 12.6 Å². The van der Waals surface area contributed by atoms with Crippen molar-refractivity contribution < 1.29 is 14.7 Å². The van der Waals surface area contributed by atoms with E-state index in [2.05, 4.69) is 15.0 Å². The van der Waals surface area contributed by atoms with Crippen molar-refractivity contribution in [1.82, 2.24) is 15.2 Å². The molecule has 0 unspecified atom stereocenters. The Morgan fingerprint density at radius 2 is 2.36 bits per heavy atom. The third kappa shape index (κ3) is 1.46. The van der Waals surface area contributed by atoms with Crippen molar-refractivity contribution in [3.05, 3.63) is 5.69 Å². The molecule has 0 aliphatic carbocycles. The van der Waals surface area contributed by atoms with Crippen molar-refractivity contribution in [2.75, 3.05) is 0 Å². The number of carbonyl (C=O) groups excluding carboxylic acids is 1. The van der Waals surface area contributed by atoms with E-state index in [1.807, 2.05) is 0 Å². The second-order valence-electron chi connectivity index (χ2n) is 1.96. The van der Waals surface area contributed by atoms with Gasteiger partial charge in [-0.2, -0.15) is 0 Å². The lowest BCUT2D eigenvalue weighted by molar-refractivity contribution is -0.132. The maximum absolute atomic E-state index is 10.4. The Balaban J connectivity index is 2.87. The zero-order valence-electron chi connectivity index (χ0n) is 6.11. The summed E-state index contributed by atoms with van der Waals surface area (Å²) >= 11 is 0. The lowest BCUT2D eigenvalue weighted by Crippen LogP contribution is -2.03. The molecule has 0 saturated heterocycles. The summed E-state index contributed by atoms with van der Waals surface area (Å²) in [6.07, 6.45) is 0. The second-order valence-corrected chi connectivity index (χ2v) is 1.96. The zero-order chi connectivity index (χ0) is 8.43. The summed E-state index contributed by atoms with van der Waals surface area (Å²) in [5.41, 5.74) is 0.292. The van der Waals surface area contributed by atoms with Crippen molar-refractivity contribution in [2.24, 2.45) is 0 Å². The first kappa shape index (κ1) is 7.52. The van der Waals surface area contributed by atoms with Crippen LogP contribution in [0.5, 0.6) is 5.88 Å². The van der Waals surface area contributed by atoms with E-state index < -0.39 is 5.97 Å². The standard InChI is InChI=1S/C5H7N3O3/c1-3-5(11-4(2)9)6-7-8(3)10/h10H,1-2H3. The number of ether oxygens (including phenoxy) is 1. The molecule has 6 nitrogen and oxygen atoms in total. The van der Waals surface area contributed by atoms with E-state index in [0.29, 0.717) is 10.5 Å². The summed E-state index contributed by atoms with van der Waals surface area (Å²) in [6, 6.07) is 0. The van der Waals surface area contributed by atoms with Crippen molar-refractivity contribution in [1.29, 1.82) is 0 Å². The van der Waals surface area contributed by atoms with Gasteiger partial charge in [0, 0.05) is 6.92 Å². The molecule has 0 aliphatic rings. The van der Waals surface area contributed by atoms with Gasteiger partial charge in [0.2, 0.25) is 0 Å². The van der Waals surface area contributed by atoms with Gasteiger partial charge in [-0.15, -0.1) is 0 Å². The van der Waals surface area contributed by atoms with Crippen LogP contribution in [0.25, 0.3) is 0 Å². The van der Waals surface area contributed by atoms with Gasteiger partial charge < -0.3 is 9.94 Å². The van der Waals surface area contributed by atoms with Gasteiger partial charge in [-0.3, -0.25) is 4.79 Å². The quantitative estimate of drug-likeness (QED) is 0.449. The molecule has 1 aromatic heterocycles. The van der Waals surface area contributed by atoms with Gasteiger partial charge >= 0.3 is 5.97 Å². The molecule has 60 valence electrons. The largest absolute Gasteiger partial charge is 0.410 e. The van der Waals surface area contributed by atoms with Crippen molar-refractivity contribution in [3.63, 3.8) is 0 Å². The van der Waals surface area contributed by atoms with Crippen LogP contribution in [0.3, 0.4) is 0 Å². The Morgan fingerprint density at radius 3 is 2.73 bits per heavy atom. The molecule has 0 atom stereocenters. The highest BCUT2D eigenvalue weighted by Gasteiger charge is 2.09. The van der Waals surface area contributed by atoms with Crippen LogP contribution in [-0.2, 0) is 4.79 Å². The molecular formula is C5H7N3O3. The number of rotatable bonds is 1. The van der Waals surface area contributed by atoms with Crippen molar-refractivity contribution in [3.8, 4) is 5.88 Å². The molecule has 0 fully saturated rings. The monoisotopic (exact) mass is 157 g/mol. The first-order valence-electron chi connectivity index (χ1n) is 2.91. The summed E-state index contributed by atoms with van der Waals surface area (Å²) in [4.78, 5) is 10.9. The molecule has 0 spiro atoms. The van der Waals surface area contributed by atoms with E-state index in [1.54, 1.807) is 0 Å². The van der Waals surface area contributed by atoms with Crippen LogP contribution < -0.4 is 4.74 Å². The summed E-state index contributed by atoms with van der Waals surface area (Å²) in [6.45, 7) is 2.77. The van der Waals surface area contributed by atoms with E-state index in [1.165, 1.54) is 13.8 Å². The number of hydrogen-bond donors (Lipinski definition) is 1. The van der Waals surface area contributed by atoms with E-state index >= 15 is 0 Å². The van der Waals surface area contributed by atoms with E-state index in [-0.39, 0.29) is 5.88 Å². The van der Waals surface area contributed by atoms with Crippen LogP contribution >= 0.6 is 0 Å². The Hall–Kier alpha value is -1.59. The Labute approximate surface area is 62.3 Å². The molecule has 0 saturated carbocycles. The molecule has 0 bridgehead atoms. The summed E-state index contributed by atoms with van der Waals surface area (Å²) < 4.78 is 4.57. The molecule has 1 N–H and O–H groups in total. The number of hydrogen-bond acceptors (Lipinski definition) is 5. The molecule has 6 heteroatoms. The third-order valence-electron chi connectivity index (χ3n) is 1.07. The number of aromatic nitrogens is 3. The highest BCUT2D eigenvalue weighted by Crippen LogP contribution is 2.10. The molecule has 0 radical (unpaired) electrons. The Morgan fingerprint density at radius 1 is 1.73 bits per heavy atom. The summed E-state index contributed by atoms with van der Waals surface area (Å²) in [7, 11) is 0. The SMILES string of the molecule is CC(=O)Oc1nnn(O)c1C. The maximum Gasteiger partial charge on any atom is 0.309 e. The topological polar surface area (TPSA) is 77.2 Å². The van der Waals surface area contributed by atoms with E-state index in [4.69, 9.17) is 5.21 Å². The predicted molar refractivity (Wildman–Crippen MR) is 33.3 cm³/mol. The molecule has 1 rings (SSSR count). The maximum atomic E-state index is 10.4. The Kier molecular flexibility index (Phi) is 1.75. The first-order chi connectivity index (χ1) is 5.11. The van der Waals surface area contributed by atoms with Crippen LogP contribution in [0, 0.1) is 6.92 Å². The van der Waals surface area contributed by atoms with Crippen LogP contribution in [-0.4, -0.2) is 26.3 Å². The minimum atomic E-state index is -0.492. The molecule has 1 heterocycles. The van der Waals surface area contributed by atoms with Gasteiger partial charge in [-0.1, -0.05) is 9.94 Å². The van der Waals surface area contributed by atoms with E-state index in [0.717, 1.165) is 0 Å². The fraction of sp³-hybridized carbons (Fsp3) is 0.400. The van der Waals surface area contributed by atoms with Crippen LogP contribution in [0.2, 0.25) is 0 Å².